The quantitative estimate of drug-likeness (QED) is 0.663. The minimum Gasteiger partial charge on any atom is -0.325 e. The monoisotopic (exact) mass is 197 g/mol. The van der Waals surface area contributed by atoms with E-state index >= 15 is 0 Å². The summed E-state index contributed by atoms with van der Waals surface area (Å²) in [6.07, 6.45) is 1.57. The van der Waals surface area contributed by atoms with Gasteiger partial charge in [-0.3, -0.25) is 4.98 Å². The highest BCUT2D eigenvalue weighted by molar-refractivity contribution is 6.66. The van der Waals surface area contributed by atoms with Crippen LogP contribution < -0.4 is 16.8 Å². The normalized spacial score (nSPS) is 9.93. The third-order valence-electron chi connectivity index (χ3n) is 2.22. The van der Waals surface area contributed by atoms with Gasteiger partial charge < -0.3 is 5.73 Å². The zero-order valence-corrected chi connectivity index (χ0v) is 8.43. The van der Waals surface area contributed by atoms with E-state index in [2.05, 4.69) is 22.1 Å². The summed E-state index contributed by atoms with van der Waals surface area (Å²) in [5, 5.41) is 0. The molecule has 0 saturated heterocycles. The van der Waals surface area contributed by atoms with Gasteiger partial charge in [-0.05, 0) is 6.07 Å². The van der Waals surface area contributed by atoms with Gasteiger partial charge in [0.25, 0.3) is 0 Å². The number of hydrogen-bond donors (Lipinski definition) is 1. The topological polar surface area (TPSA) is 51.8 Å². The van der Waals surface area contributed by atoms with Crippen molar-refractivity contribution in [3.05, 3.63) is 48.4 Å². The van der Waals surface area contributed by atoms with Crippen LogP contribution in [-0.4, -0.2) is 17.2 Å². The molecule has 2 aromatic rings. The van der Waals surface area contributed by atoms with E-state index in [4.69, 9.17) is 5.73 Å². The molecule has 0 spiro atoms. The van der Waals surface area contributed by atoms with Crippen LogP contribution >= 0.6 is 0 Å². The molecule has 0 aliphatic heterocycles. The molecule has 1 heterocycles. The van der Waals surface area contributed by atoms with E-state index in [1.807, 2.05) is 24.3 Å². The lowest BCUT2D eigenvalue weighted by molar-refractivity contribution is 0.972. The van der Waals surface area contributed by atoms with Gasteiger partial charge in [-0.1, -0.05) is 35.8 Å². The average molecular weight is 197 g/mol. The zero-order valence-electron chi connectivity index (χ0n) is 8.43. The molecule has 0 aliphatic rings. The molecule has 4 heteroatoms. The van der Waals surface area contributed by atoms with Gasteiger partial charge in [0.1, 0.15) is 6.33 Å². The van der Waals surface area contributed by atoms with Crippen LogP contribution in [0.5, 0.6) is 0 Å². The standard InChI is InChI=1S/C11H12BN3/c13-7-10-6-11(15-8-14-10)12-9-4-2-1-3-5-9/h1-6,8,12H,7,13H2. The highest BCUT2D eigenvalue weighted by atomic mass is 14.8. The maximum absolute atomic E-state index is 5.52. The number of hydrogen-bond acceptors (Lipinski definition) is 3. The molecule has 74 valence electrons. The summed E-state index contributed by atoms with van der Waals surface area (Å²) in [7, 11) is 0.830. The van der Waals surface area contributed by atoms with E-state index in [9.17, 15) is 0 Å². The van der Waals surface area contributed by atoms with Crippen LogP contribution in [0.1, 0.15) is 5.69 Å². The van der Waals surface area contributed by atoms with E-state index < -0.39 is 0 Å². The molecular formula is C11H12BN3. The van der Waals surface area contributed by atoms with Gasteiger partial charge in [-0.15, -0.1) is 0 Å². The predicted molar refractivity (Wildman–Crippen MR) is 62.8 cm³/mol. The molecular weight excluding hydrogens is 185 g/mol. The first-order valence-corrected chi connectivity index (χ1v) is 4.92. The Morgan fingerprint density at radius 3 is 2.67 bits per heavy atom. The smallest absolute Gasteiger partial charge is 0.216 e. The Kier molecular flexibility index (Phi) is 3.10. The number of aromatic nitrogens is 2. The highest BCUT2D eigenvalue weighted by Gasteiger charge is 2.01. The predicted octanol–water partition coefficient (Wildman–Crippen LogP) is -0.677. The van der Waals surface area contributed by atoms with Crippen LogP contribution in [-0.2, 0) is 6.54 Å². The fourth-order valence-corrected chi connectivity index (χ4v) is 1.46. The van der Waals surface area contributed by atoms with Crippen LogP contribution in [0.2, 0.25) is 0 Å². The van der Waals surface area contributed by atoms with Gasteiger partial charge in [-0.25, -0.2) is 4.98 Å². The summed E-state index contributed by atoms with van der Waals surface area (Å²) in [5.41, 5.74) is 8.67. The second-order valence-corrected chi connectivity index (χ2v) is 3.37. The maximum atomic E-state index is 5.52. The summed E-state index contributed by atoms with van der Waals surface area (Å²) >= 11 is 0. The van der Waals surface area contributed by atoms with Crippen molar-refractivity contribution in [2.24, 2.45) is 5.73 Å². The van der Waals surface area contributed by atoms with Crippen molar-refractivity contribution in [1.29, 1.82) is 0 Å². The molecule has 0 aliphatic carbocycles. The third kappa shape index (κ3) is 2.64. The van der Waals surface area contributed by atoms with E-state index in [1.165, 1.54) is 5.46 Å². The van der Waals surface area contributed by atoms with E-state index in [-0.39, 0.29) is 0 Å². The van der Waals surface area contributed by atoms with Crippen LogP contribution in [0.4, 0.5) is 0 Å². The summed E-state index contributed by atoms with van der Waals surface area (Å²) < 4.78 is 0. The number of benzene rings is 1. The first kappa shape index (κ1) is 9.86. The number of nitrogens with zero attached hydrogens (tertiary/aromatic N) is 2. The van der Waals surface area contributed by atoms with Crippen molar-refractivity contribution in [1.82, 2.24) is 9.97 Å². The fourth-order valence-electron chi connectivity index (χ4n) is 1.46. The second-order valence-electron chi connectivity index (χ2n) is 3.37. The fraction of sp³-hybridized carbons (Fsp3) is 0.0909. The van der Waals surface area contributed by atoms with Gasteiger partial charge in [0.2, 0.25) is 7.28 Å². The molecule has 2 N–H and O–H groups in total. The summed E-state index contributed by atoms with van der Waals surface area (Å²) in [5.74, 6) is 0. The SMILES string of the molecule is NCc1cc(Bc2ccccc2)ncn1. The molecule has 0 fully saturated rings. The lowest BCUT2D eigenvalue weighted by Crippen LogP contribution is -2.30. The molecule has 0 saturated carbocycles. The van der Waals surface area contributed by atoms with Gasteiger partial charge in [-0.2, -0.15) is 0 Å². The molecule has 0 unspecified atom stereocenters. The Morgan fingerprint density at radius 1 is 1.13 bits per heavy atom. The minimum atomic E-state index is 0.463. The Bertz CT molecular complexity index is 431. The van der Waals surface area contributed by atoms with E-state index in [0.29, 0.717) is 6.54 Å². The Balaban J connectivity index is 2.17. The summed E-state index contributed by atoms with van der Waals surface area (Å²) in [6, 6.07) is 12.2. The highest BCUT2D eigenvalue weighted by Crippen LogP contribution is 1.86. The minimum absolute atomic E-state index is 0.463. The number of nitrogens with two attached hydrogens (primary N) is 1. The van der Waals surface area contributed by atoms with Crippen LogP contribution in [0.25, 0.3) is 0 Å². The first-order valence-electron chi connectivity index (χ1n) is 4.92. The van der Waals surface area contributed by atoms with Gasteiger partial charge in [0, 0.05) is 12.1 Å². The van der Waals surface area contributed by atoms with E-state index in [1.54, 1.807) is 6.33 Å². The lowest BCUT2D eigenvalue weighted by Gasteiger charge is -2.00. The van der Waals surface area contributed by atoms with Crippen LogP contribution in [0.3, 0.4) is 0 Å². The van der Waals surface area contributed by atoms with Crippen molar-refractivity contribution < 1.29 is 0 Å². The van der Waals surface area contributed by atoms with Crippen LogP contribution in [0.15, 0.2) is 42.7 Å². The van der Waals surface area contributed by atoms with Crippen molar-refractivity contribution in [2.75, 3.05) is 0 Å². The molecule has 1 aromatic carbocycles. The first-order chi connectivity index (χ1) is 7.38. The van der Waals surface area contributed by atoms with E-state index in [0.717, 1.165) is 18.6 Å². The molecule has 3 nitrogen and oxygen atoms in total. The largest absolute Gasteiger partial charge is 0.325 e. The average Bonchev–Trinajstić information content (AvgIpc) is 2.31. The second kappa shape index (κ2) is 4.71. The molecule has 2 rings (SSSR count). The number of rotatable bonds is 3. The summed E-state index contributed by atoms with van der Waals surface area (Å²) in [6.45, 7) is 0.463. The summed E-state index contributed by atoms with van der Waals surface area (Å²) in [4.78, 5) is 8.28. The molecule has 0 atom stereocenters. The maximum Gasteiger partial charge on any atom is 0.216 e. The Hall–Kier alpha value is -1.68. The third-order valence-corrected chi connectivity index (χ3v) is 2.22. The molecule has 1 aromatic heterocycles. The molecule has 0 amide bonds. The van der Waals surface area contributed by atoms with Crippen molar-refractivity contribution >= 4 is 18.3 Å². The Labute approximate surface area is 89.6 Å². The van der Waals surface area contributed by atoms with Gasteiger partial charge in [0.15, 0.2) is 0 Å². The van der Waals surface area contributed by atoms with Crippen molar-refractivity contribution in [2.45, 2.75) is 6.54 Å². The van der Waals surface area contributed by atoms with Crippen LogP contribution in [0, 0.1) is 0 Å². The Morgan fingerprint density at radius 2 is 1.93 bits per heavy atom. The zero-order chi connectivity index (χ0) is 10.5. The molecule has 15 heavy (non-hydrogen) atoms. The lowest BCUT2D eigenvalue weighted by atomic mass is 9.67. The van der Waals surface area contributed by atoms with Crippen molar-refractivity contribution in [3.63, 3.8) is 0 Å². The van der Waals surface area contributed by atoms with Gasteiger partial charge >= 0.3 is 0 Å². The van der Waals surface area contributed by atoms with Crippen molar-refractivity contribution in [3.8, 4) is 0 Å². The molecule has 0 radical (unpaired) electrons. The molecule has 0 bridgehead atoms. The van der Waals surface area contributed by atoms with Gasteiger partial charge in [0.05, 0.1) is 5.69 Å².